The smallest absolute Gasteiger partial charge is 0.309 e. The minimum Gasteiger partial charge on any atom is -0.309 e. The highest BCUT2D eigenvalue weighted by atomic mass is 16.2. The molecule has 6 heteroatoms. The highest BCUT2D eigenvalue weighted by Gasteiger charge is 2.27. The van der Waals surface area contributed by atoms with E-state index in [1.807, 2.05) is 16.9 Å². The number of amides is 3. The molecule has 0 aromatic carbocycles. The van der Waals surface area contributed by atoms with Gasteiger partial charge in [-0.05, 0) is 19.4 Å². The lowest BCUT2D eigenvalue weighted by Crippen LogP contribution is -2.28. The number of carbonyl (C=O) groups excluding carboxylic acids is 2. The molecule has 92 valence electrons. The molecule has 6 nitrogen and oxygen atoms in total. The van der Waals surface area contributed by atoms with Gasteiger partial charge >= 0.3 is 6.03 Å². The van der Waals surface area contributed by atoms with Crippen molar-refractivity contribution in [2.24, 2.45) is 0 Å². The molecule has 1 N–H and O–H groups in total. The Morgan fingerprint density at radius 3 is 2.88 bits per heavy atom. The van der Waals surface area contributed by atoms with Crippen molar-refractivity contribution in [3.63, 3.8) is 0 Å². The van der Waals surface area contributed by atoms with Crippen molar-refractivity contribution < 1.29 is 9.59 Å². The van der Waals surface area contributed by atoms with E-state index in [1.54, 1.807) is 0 Å². The maximum atomic E-state index is 11.3. The molecule has 1 saturated heterocycles. The standard InChI is InChI=1S/C11H16N4O2/c1-3-8(2)15-5-4-9(13-15)6-14-7-10(16)12-11(14)17/h4-5,8H,3,6-7H2,1-2H3,(H,12,16,17). The Kier molecular flexibility index (Phi) is 3.12. The molecule has 1 unspecified atom stereocenters. The minimum atomic E-state index is -0.340. The summed E-state index contributed by atoms with van der Waals surface area (Å²) in [6.07, 6.45) is 2.91. The molecule has 17 heavy (non-hydrogen) atoms. The van der Waals surface area contributed by atoms with Gasteiger partial charge in [0.2, 0.25) is 5.91 Å². The Hall–Kier alpha value is -1.85. The molecule has 0 saturated carbocycles. The summed E-state index contributed by atoms with van der Waals surface area (Å²) >= 11 is 0. The van der Waals surface area contributed by atoms with E-state index < -0.39 is 0 Å². The third kappa shape index (κ3) is 2.46. The Bertz CT molecular complexity index is 440. The highest BCUT2D eigenvalue weighted by molar-refractivity contribution is 6.01. The van der Waals surface area contributed by atoms with Gasteiger partial charge in [-0.2, -0.15) is 5.10 Å². The predicted molar refractivity (Wildman–Crippen MR) is 61.2 cm³/mol. The molecule has 1 aromatic rings. The molecular formula is C11H16N4O2. The molecule has 1 aromatic heterocycles. The van der Waals surface area contributed by atoms with Crippen molar-refractivity contribution in [1.82, 2.24) is 20.0 Å². The molecule has 1 aliphatic heterocycles. The fourth-order valence-electron chi connectivity index (χ4n) is 1.70. The van der Waals surface area contributed by atoms with Gasteiger partial charge in [-0.15, -0.1) is 0 Å². The van der Waals surface area contributed by atoms with Gasteiger partial charge in [0.25, 0.3) is 0 Å². The van der Waals surface area contributed by atoms with Crippen LogP contribution < -0.4 is 5.32 Å². The predicted octanol–water partition coefficient (Wildman–Crippen LogP) is 0.906. The van der Waals surface area contributed by atoms with Crippen molar-refractivity contribution in [3.05, 3.63) is 18.0 Å². The number of aromatic nitrogens is 2. The Morgan fingerprint density at radius 2 is 2.29 bits per heavy atom. The van der Waals surface area contributed by atoms with Gasteiger partial charge in [0.05, 0.1) is 12.2 Å². The number of carbonyl (C=O) groups is 2. The SMILES string of the molecule is CCC(C)n1ccc(CN2CC(=O)NC2=O)n1. The molecule has 2 heterocycles. The van der Waals surface area contributed by atoms with E-state index in [2.05, 4.69) is 24.3 Å². The zero-order valence-electron chi connectivity index (χ0n) is 10.0. The summed E-state index contributed by atoms with van der Waals surface area (Å²) in [5, 5.41) is 6.63. The van der Waals surface area contributed by atoms with Crippen LogP contribution >= 0.6 is 0 Å². The zero-order chi connectivity index (χ0) is 12.4. The normalized spacial score (nSPS) is 17.4. The third-order valence-corrected chi connectivity index (χ3v) is 2.93. The molecule has 0 aliphatic carbocycles. The van der Waals surface area contributed by atoms with Crippen LogP contribution in [0.2, 0.25) is 0 Å². The lowest BCUT2D eigenvalue weighted by Gasteiger charge is -2.11. The van der Waals surface area contributed by atoms with Crippen LogP contribution in [0.1, 0.15) is 32.0 Å². The van der Waals surface area contributed by atoms with Crippen LogP contribution in [0.3, 0.4) is 0 Å². The number of nitrogens with zero attached hydrogens (tertiary/aromatic N) is 3. The lowest BCUT2D eigenvalue weighted by atomic mass is 10.3. The summed E-state index contributed by atoms with van der Waals surface area (Å²) in [6.45, 7) is 4.68. The fourth-order valence-corrected chi connectivity index (χ4v) is 1.70. The molecule has 0 bridgehead atoms. The van der Waals surface area contributed by atoms with Crippen LogP contribution in [0.15, 0.2) is 12.3 Å². The van der Waals surface area contributed by atoms with Gasteiger partial charge < -0.3 is 4.90 Å². The molecule has 1 fully saturated rings. The Morgan fingerprint density at radius 1 is 1.53 bits per heavy atom. The van der Waals surface area contributed by atoms with E-state index in [9.17, 15) is 9.59 Å². The number of hydrogen-bond acceptors (Lipinski definition) is 3. The van der Waals surface area contributed by atoms with Crippen LogP contribution in [0.25, 0.3) is 0 Å². The fraction of sp³-hybridized carbons (Fsp3) is 0.545. The van der Waals surface area contributed by atoms with Crippen LogP contribution in [-0.2, 0) is 11.3 Å². The number of urea groups is 1. The van der Waals surface area contributed by atoms with Gasteiger partial charge in [-0.1, -0.05) is 6.92 Å². The second-order valence-electron chi connectivity index (χ2n) is 4.25. The van der Waals surface area contributed by atoms with Gasteiger partial charge in [-0.25, -0.2) is 4.79 Å². The summed E-state index contributed by atoms with van der Waals surface area (Å²) in [5.74, 6) is -0.253. The van der Waals surface area contributed by atoms with E-state index in [4.69, 9.17) is 0 Å². The molecule has 0 radical (unpaired) electrons. The third-order valence-electron chi connectivity index (χ3n) is 2.93. The van der Waals surface area contributed by atoms with Crippen LogP contribution in [0.5, 0.6) is 0 Å². The van der Waals surface area contributed by atoms with Crippen molar-refractivity contribution >= 4 is 11.9 Å². The second kappa shape index (κ2) is 4.57. The first-order chi connectivity index (χ1) is 8.10. The Labute approximate surface area is 99.6 Å². The van der Waals surface area contributed by atoms with Crippen molar-refractivity contribution in [2.45, 2.75) is 32.9 Å². The van der Waals surface area contributed by atoms with Gasteiger partial charge in [0, 0.05) is 12.2 Å². The number of hydrogen-bond donors (Lipinski definition) is 1. The van der Waals surface area contributed by atoms with E-state index >= 15 is 0 Å². The molecular weight excluding hydrogens is 220 g/mol. The molecule has 0 spiro atoms. The van der Waals surface area contributed by atoms with Gasteiger partial charge in [0.1, 0.15) is 6.54 Å². The summed E-state index contributed by atoms with van der Waals surface area (Å²) in [4.78, 5) is 23.8. The van der Waals surface area contributed by atoms with Gasteiger partial charge in [-0.3, -0.25) is 14.8 Å². The monoisotopic (exact) mass is 236 g/mol. The van der Waals surface area contributed by atoms with E-state index in [-0.39, 0.29) is 18.5 Å². The second-order valence-corrected chi connectivity index (χ2v) is 4.25. The summed E-state index contributed by atoms with van der Waals surface area (Å²) < 4.78 is 1.88. The zero-order valence-corrected chi connectivity index (χ0v) is 10.0. The number of imide groups is 1. The lowest BCUT2D eigenvalue weighted by molar-refractivity contribution is -0.118. The molecule has 3 amide bonds. The van der Waals surface area contributed by atoms with E-state index in [0.717, 1.165) is 12.1 Å². The van der Waals surface area contributed by atoms with E-state index in [1.165, 1.54) is 4.90 Å². The average Bonchev–Trinajstić information content (AvgIpc) is 2.86. The maximum absolute atomic E-state index is 11.3. The van der Waals surface area contributed by atoms with Crippen LogP contribution in [0.4, 0.5) is 4.79 Å². The van der Waals surface area contributed by atoms with Crippen LogP contribution in [-0.4, -0.2) is 33.2 Å². The van der Waals surface area contributed by atoms with Gasteiger partial charge in [0.15, 0.2) is 0 Å². The topological polar surface area (TPSA) is 67.2 Å². The number of nitrogens with one attached hydrogen (secondary N) is 1. The quantitative estimate of drug-likeness (QED) is 0.790. The van der Waals surface area contributed by atoms with Crippen molar-refractivity contribution in [3.8, 4) is 0 Å². The van der Waals surface area contributed by atoms with Crippen molar-refractivity contribution in [2.75, 3.05) is 6.54 Å². The highest BCUT2D eigenvalue weighted by Crippen LogP contribution is 2.11. The molecule has 2 rings (SSSR count). The van der Waals surface area contributed by atoms with E-state index in [0.29, 0.717) is 12.6 Å². The molecule has 1 aliphatic rings. The summed E-state index contributed by atoms with van der Waals surface area (Å²) in [5.41, 5.74) is 0.801. The maximum Gasteiger partial charge on any atom is 0.324 e. The van der Waals surface area contributed by atoms with Crippen LogP contribution in [0, 0.1) is 0 Å². The molecule has 1 atom stereocenters. The minimum absolute atomic E-state index is 0.120. The average molecular weight is 236 g/mol. The first-order valence-corrected chi connectivity index (χ1v) is 5.73. The Balaban J connectivity index is 2.02. The van der Waals surface area contributed by atoms with Crippen molar-refractivity contribution in [1.29, 1.82) is 0 Å². The first-order valence-electron chi connectivity index (χ1n) is 5.73. The number of rotatable bonds is 4. The first kappa shape index (κ1) is 11.6. The largest absolute Gasteiger partial charge is 0.324 e. The summed E-state index contributed by atoms with van der Waals surface area (Å²) in [7, 11) is 0. The summed E-state index contributed by atoms with van der Waals surface area (Å²) in [6, 6.07) is 1.88.